The molecule has 1 aromatic carbocycles. The Morgan fingerprint density at radius 1 is 1.37 bits per heavy atom. The molecule has 0 fully saturated rings. The second-order valence-corrected chi connectivity index (χ2v) is 7.59. The maximum atomic E-state index is 5.85. The number of nitrogens with zero attached hydrogens (tertiary/aromatic N) is 1. The molecule has 106 valence electrons. The molecule has 2 rings (SSSR count). The standard InChI is InChI=1S/C16H26N2S/c1-4-18(12-16(2,3)11-17)10-14-9-13-7-5-6-8-15(13)19-14/h5-8,14H,4,9-12,17H2,1-3H3. The van der Waals surface area contributed by atoms with Gasteiger partial charge in [-0.25, -0.2) is 0 Å². The topological polar surface area (TPSA) is 29.3 Å². The first kappa shape index (κ1) is 14.9. The van der Waals surface area contributed by atoms with Crippen LogP contribution >= 0.6 is 11.8 Å². The summed E-state index contributed by atoms with van der Waals surface area (Å²) in [6.45, 7) is 10.9. The van der Waals surface area contributed by atoms with Crippen LogP contribution in [0.4, 0.5) is 0 Å². The average molecular weight is 278 g/mol. The Labute approximate surface area is 121 Å². The molecule has 0 saturated carbocycles. The van der Waals surface area contributed by atoms with E-state index >= 15 is 0 Å². The maximum Gasteiger partial charge on any atom is 0.0263 e. The molecule has 1 atom stereocenters. The summed E-state index contributed by atoms with van der Waals surface area (Å²) in [6, 6.07) is 8.81. The zero-order valence-electron chi connectivity index (χ0n) is 12.4. The lowest BCUT2D eigenvalue weighted by Crippen LogP contribution is -2.41. The van der Waals surface area contributed by atoms with Crippen LogP contribution in [0.5, 0.6) is 0 Å². The van der Waals surface area contributed by atoms with Crippen molar-refractivity contribution in [2.75, 3.05) is 26.2 Å². The van der Waals surface area contributed by atoms with Gasteiger partial charge in [0.05, 0.1) is 0 Å². The third-order valence-corrected chi connectivity index (χ3v) is 5.13. The molecule has 0 spiro atoms. The van der Waals surface area contributed by atoms with Crippen molar-refractivity contribution < 1.29 is 0 Å². The number of thioether (sulfide) groups is 1. The van der Waals surface area contributed by atoms with Gasteiger partial charge in [-0.2, -0.15) is 0 Å². The lowest BCUT2D eigenvalue weighted by molar-refractivity contribution is 0.191. The van der Waals surface area contributed by atoms with E-state index in [1.807, 2.05) is 11.8 Å². The van der Waals surface area contributed by atoms with Crippen molar-refractivity contribution in [2.24, 2.45) is 11.1 Å². The van der Waals surface area contributed by atoms with Gasteiger partial charge in [-0.15, -0.1) is 11.8 Å². The van der Waals surface area contributed by atoms with E-state index < -0.39 is 0 Å². The highest BCUT2D eigenvalue weighted by Crippen LogP contribution is 2.37. The van der Waals surface area contributed by atoms with Crippen LogP contribution in [0.15, 0.2) is 29.2 Å². The fourth-order valence-corrected chi connectivity index (χ4v) is 3.99. The first-order chi connectivity index (χ1) is 9.04. The quantitative estimate of drug-likeness (QED) is 0.867. The second kappa shape index (κ2) is 6.29. The van der Waals surface area contributed by atoms with Gasteiger partial charge >= 0.3 is 0 Å². The van der Waals surface area contributed by atoms with Crippen molar-refractivity contribution in [3.8, 4) is 0 Å². The van der Waals surface area contributed by atoms with E-state index in [9.17, 15) is 0 Å². The van der Waals surface area contributed by atoms with Gasteiger partial charge in [0.1, 0.15) is 0 Å². The highest BCUT2D eigenvalue weighted by Gasteiger charge is 2.26. The van der Waals surface area contributed by atoms with Crippen molar-refractivity contribution >= 4 is 11.8 Å². The summed E-state index contributed by atoms with van der Waals surface area (Å²) in [5, 5.41) is 0.700. The van der Waals surface area contributed by atoms with Crippen LogP contribution < -0.4 is 5.73 Å². The Kier molecular flexibility index (Phi) is 4.93. The van der Waals surface area contributed by atoms with Gasteiger partial charge in [0.25, 0.3) is 0 Å². The summed E-state index contributed by atoms with van der Waals surface area (Å²) in [6.07, 6.45) is 1.21. The molecule has 0 saturated heterocycles. The fourth-order valence-electron chi connectivity index (χ4n) is 2.62. The summed E-state index contributed by atoms with van der Waals surface area (Å²) < 4.78 is 0. The smallest absolute Gasteiger partial charge is 0.0263 e. The molecular formula is C16H26N2S. The molecular weight excluding hydrogens is 252 g/mol. The van der Waals surface area contributed by atoms with Crippen LogP contribution in [-0.2, 0) is 6.42 Å². The molecule has 2 nitrogen and oxygen atoms in total. The normalized spacial score (nSPS) is 18.9. The van der Waals surface area contributed by atoms with E-state index in [0.717, 1.165) is 19.6 Å². The van der Waals surface area contributed by atoms with Gasteiger partial charge in [-0.1, -0.05) is 39.0 Å². The molecule has 1 unspecified atom stereocenters. The second-order valence-electron chi connectivity index (χ2n) is 6.25. The Morgan fingerprint density at radius 3 is 2.74 bits per heavy atom. The van der Waals surface area contributed by atoms with Crippen molar-refractivity contribution in [1.82, 2.24) is 4.90 Å². The lowest BCUT2D eigenvalue weighted by atomic mass is 9.93. The first-order valence-corrected chi connectivity index (χ1v) is 8.09. The number of hydrogen-bond acceptors (Lipinski definition) is 3. The largest absolute Gasteiger partial charge is 0.330 e. The average Bonchev–Trinajstić information content (AvgIpc) is 2.79. The minimum Gasteiger partial charge on any atom is -0.330 e. The van der Waals surface area contributed by atoms with E-state index in [2.05, 4.69) is 49.9 Å². The minimum absolute atomic E-state index is 0.214. The van der Waals surface area contributed by atoms with Gasteiger partial charge in [-0.3, -0.25) is 0 Å². The van der Waals surface area contributed by atoms with E-state index in [-0.39, 0.29) is 5.41 Å². The predicted octanol–water partition coefficient (Wildman–Crippen LogP) is 3.01. The number of rotatable bonds is 6. The van der Waals surface area contributed by atoms with E-state index in [1.165, 1.54) is 23.4 Å². The van der Waals surface area contributed by atoms with E-state index in [0.29, 0.717) is 5.25 Å². The Balaban J connectivity index is 1.91. The van der Waals surface area contributed by atoms with E-state index in [4.69, 9.17) is 5.73 Å². The summed E-state index contributed by atoms with van der Waals surface area (Å²) in [5.41, 5.74) is 7.59. The molecule has 2 N–H and O–H groups in total. The highest BCUT2D eigenvalue weighted by atomic mass is 32.2. The summed E-state index contributed by atoms with van der Waals surface area (Å²) in [5.74, 6) is 0. The number of hydrogen-bond donors (Lipinski definition) is 1. The third kappa shape index (κ3) is 3.98. The zero-order chi connectivity index (χ0) is 13.9. The molecule has 3 heteroatoms. The Morgan fingerprint density at radius 2 is 2.11 bits per heavy atom. The monoisotopic (exact) mass is 278 g/mol. The SMILES string of the molecule is CCN(CC1Cc2ccccc2S1)CC(C)(C)CN. The summed E-state index contributed by atoms with van der Waals surface area (Å²) >= 11 is 2.04. The molecule has 19 heavy (non-hydrogen) atoms. The van der Waals surface area contributed by atoms with Crippen LogP contribution in [0.3, 0.4) is 0 Å². The van der Waals surface area contributed by atoms with Crippen LogP contribution in [0.1, 0.15) is 26.3 Å². The van der Waals surface area contributed by atoms with Crippen molar-refractivity contribution in [2.45, 2.75) is 37.3 Å². The highest BCUT2D eigenvalue weighted by molar-refractivity contribution is 8.00. The molecule has 1 heterocycles. The Bertz CT molecular complexity index is 392. The number of nitrogens with two attached hydrogens (primary N) is 1. The van der Waals surface area contributed by atoms with Crippen molar-refractivity contribution in [3.05, 3.63) is 29.8 Å². The molecule has 0 amide bonds. The molecule has 0 aliphatic carbocycles. The number of benzene rings is 1. The van der Waals surface area contributed by atoms with Crippen molar-refractivity contribution in [1.29, 1.82) is 0 Å². The zero-order valence-corrected chi connectivity index (χ0v) is 13.2. The van der Waals surface area contributed by atoms with Crippen LogP contribution in [-0.4, -0.2) is 36.3 Å². The van der Waals surface area contributed by atoms with Gasteiger partial charge < -0.3 is 10.6 Å². The third-order valence-electron chi connectivity index (χ3n) is 3.83. The maximum absolute atomic E-state index is 5.85. The summed E-state index contributed by atoms with van der Waals surface area (Å²) in [4.78, 5) is 4.03. The van der Waals surface area contributed by atoms with Crippen LogP contribution in [0, 0.1) is 5.41 Å². The van der Waals surface area contributed by atoms with Gasteiger partial charge in [0.15, 0.2) is 0 Å². The molecule has 1 aromatic rings. The number of fused-ring (bicyclic) bond motifs is 1. The molecule has 0 bridgehead atoms. The van der Waals surface area contributed by atoms with Crippen molar-refractivity contribution in [3.63, 3.8) is 0 Å². The minimum atomic E-state index is 0.214. The molecule has 1 aliphatic rings. The van der Waals surface area contributed by atoms with Gasteiger partial charge in [0.2, 0.25) is 0 Å². The Hall–Kier alpha value is -0.510. The molecule has 0 radical (unpaired) electrons. The lowest BCUT2D eigenvalue weighted by Gasteiger charge is -2.32. The van der Waals surface area contributed by atoms with Crippen LogP contribution in [0.25, 0.3) is 0 Å². The predicted molar refractivity (Wildman–Crippen MR) is 84.7 cm³/mol. The first-order valence-electron chi connectivity index (χ1n) is 7.21. The van der Waals surface area contributed by atoms with Gasteiger partial charge in [0, 0.05) is 23.2 Å². The van der Waals surface area contributed by atoms with Crippen LogP contribution in [0.2, 0.25) is 0 Å². The molecule has 0 aromatic heterocycles. The summed E-state index contributed by atoms with van der Waals surface area (Å²) in [7, 11) is 0. The van der Waals surface area contributed by atoms with E-state index in [1.54, 1.807) is 0 Å². The molecule has 1 aliphatic heterocycles. The fraction of sp³-hybridized carbons (Fsp3) is 0.625. The van der Waals surface area contributed by atoms with Gasteiger partial charge in [-0.05, 0) is 36.6 Å².